The Labute approximate surface area is 204 Å². The molecule has 1 unspecified atom stereocenters. The number of aromatic nitrogens is 2. The lowest BCUT2D eigenvalue weighted by molar-refractivity contribution is 0.0538. The van der Waals surface area contributed by atoms with Crippen molar-refractivity contribution < 1.29 is 9.84 Å². The molecule has 2 aliphatic heterocycles. The number of hydrogen-bond acceptors (Lipinski definition) is 9. The molecule has 5 rings (SSSR count). The Morgan fingerprint density at radius 3 is 2.55 bits per heavy atom. The third kappa shape index (κ3) is 4.24. The van der Waals surface area contributed by atoms with Gasteiger partial charge >= 0.3 is 0 Å². The topological polar surface area (TPSA) is 77.0 Å². The number of aryl methyl sites for hydroxylation is 1. The van der Waals surface area contributed by atoms with Crippen LogP contribution in [0.25, 0.3) is 0 Å². The molecular formula is C23H33ClN6O2S. The molecule has 2 aromatic rings. The Bertz CT molecular complexity index is 987. The zero-order valence-corrected chi connectivity index (χ0v) is 21.1. The van der Waals surface area contributed by atoms with Gasteiger partial charge in [0.1, 0.15) is 0 Å². The molecular weight excluding hydrogens is 460 g/mol. The van der Waals surface area contributed by atoms with E-state index in [9.17, 15) is 5.11 Å². The maximum Gasteiger partial charge on any atom is 0.225 e. The fourth-order valence-corrected chi connectivity index (χ4v) is 6.97. The zero-order valence-electron chi connectivity index (χ0n) is 19.6. The number of morpholine rings is 1. The van der Waals surface area contributed by atoms with Crippen LogP contribution in [0, 0.1) is 6.92 Å². The van der Waals surface area contributed by atoms with Crippen molar-refractivity contribution in [3.63, 3.8) is 0 Å². The molecule has 0 bridgehead atoms. The number of nitrogens with zero attached hydrogens (tertiary/aromatic N) is 5. The summed E-state index contributed by atoms with van der Waals surface area (Å²) in [6.45, 7) is 5.75. The van der Waals surface area contributed by atoms with E-state index in [0.29, 0.717) is 13.2 Å². The van der Waals surface area contributed by atoms with Gasteiger partial charge in [0.15, 0.2) is 6.35 Å². The van der Waals surface area contributed by atoms with Crippen molar-refractivity contribution in [2.45, 2.75) is 50.0 Å². The second-order valence-electron chi connectivity index (χ2n) is 9.70. The van der Waals surface area contributed by atoms with Crippen LogP contribution in [0.2, 0.25) is 4.34 Å². The summed E-state index contributed by atoms with van der Waals surface area (Å²) in [6.07, 6.45) is 5.08. The van der Waals surface area contributed by atoms with Crippen molar-refractivity contribution >= 4 is 34.6 Å². The predicted molar refractivity (Wildman–Crippen MR) is 132 cm³/mol. The first-order chi connectivity index (χ1) is 15.8. The summed E-state index contributed by atoms with van der Waals surface area (Å²) in [6, 6.07) is 4.17. The largest absolute Gasteiger partial charge is 0.378 e. The predicted octanol–water partition coefficient (Wildman–Crippen LogP) is 2.79. The quantitative estimate of drug-likeness (QED) is 0.674. The number of nitrogens with one attached hydrogen (secondary N) is 1. The molecule has 0 aromatic carbocycles. The maximum absolute atomic E-state index is 11.0. The van der Waals surface area contributed by atoms with Crippen LogP contribution in [0.4, 0.5) is 11.6 Å². The van der Waals surface area contributed by atoms with E-state index in [-0.39, 0.29) is 11.1 Å². The van der Waals surface area contributed by atoms with Gasteiger partial charge in [0.2, 0.25) is 5.95 Å². The Morgan fingerprint density at radius 2 is 1.94 bits per heavy atom. The smallest absolute Gasteiger partial charge is 0.225 e. The van der Waals surface area contributed by atoms with E-state index in [4.69, 9.17) is 21.3 Å². The van der Waals surface area contributed by atoms with E-state index in [0.717, 1.165) is 67.0 Å². The second kappa shape index (κ2) is 8.94. The fraction of sp³-hybridized carbons (Fsp3) is 0.652. The molecule has 4 heterocycles. The zero-order chi connectivity index (χ0) is 23.2. The fourth-order valence-electron chi connectivity index (χ4n) is 5.60. The monoisotopic (exact) mass is 492 g/mol. The Hall–Kier alpha value is -1.49. The number of halogens is 1. The van der Waals surface area contributed by atoms with Gasteiger partial charge in [-0.05, 0) is 58.8 Å². The molecule has 2 saturated heterocycles. The standard InChI is InChI=1S/C23H33ClN6O2S/c1-16-17(14-25-20(26-16)29-10-12-32-13-11-29)30-15-22(27-21(30)31)6-8-23(9-7-22,28(2)3)18-4-5-19(24)33-18/h4-5,14,21,27,31H,6-13,15H2,1-3H3/t21?,22-,23+. The highest BCUT2D eigenvalue weighted by Crippen LogP contribution is 2.49. The highest BCUT2D eigenvalue weighted by molar-refractivity contribution is 7.16. The number of thiophene rings is 1. The second-order valence-corrected chi connectivity index (χ2v) is 11.4. The molecule has 0 amide bonds. The van der Waals surface area contributed by atoms with E-state index in [1.165, 1.54) is 4.88 Å². The number of aliphatic hydroxyl groups excluding tert-OH is 1. The molecule has 8 nitrogen and oxygen atoms in total. The summed E-state index contributed by atoms with van der Waals surface area (Å²) in [5.41, 5.74) is 1.63. The third-order valence-electron chi connectivity index (χ3n) is 7.67. The molecule has 1 spiro atoms. The van der Waals surface area contributed by atoms with Crippen molar-refractivity contribution in [3.05, 3.63) is 33.2 Å². The first kappa shape index (κ1) is 23.3. The van der Waals surface area contributed by atoms with E-state index in [1.807, 2.05) is 24.1 Å². The number of ether oxygens (including phenoxy) is 1. The van der Waals surface area contributed by atoms with Crippen LogP contribution >= 0.6 is 22.9 Å². The Morgan fingerprint density at radius 1 is 1.21 bits per heavy atom. The van der Waals surface area contributed by atoms with Gasteiger partial charge in [-0.25, -0.2) is 9.97 Å². The summed E-state index contributed by atoms with van der Waals surface area (Å²) in [5, 5.41) is 14.5. The van der Waals surface area contributed by atoms with Crippen LogP contribution in [-0.4, -0.2) is 78.8 Å². The maximum atomic E-state index is 11.0. The minimum absolute atomic E-state index is 0.0120. The van der Waals surface area contributed by atoms with Crippen LogP contribution in [-0.2, 0) is 10.3 Å². The van der Waals surface area contributed by atoms with E-state index in [2.05, 4.69) is 40.3 Å². The van der Waals surface area contributed by atoms with Gasteiger partial charge in [0, 0.05) is 30.1 Å². The van der Waals surface area contributed by atoms with Gasteiger partial charge < -0.3 is 19.6 Å². The average molecular weight is 493 g/mol. The third-order valence-corrected chi connectivity index (χ3v) is 9.09. The Kier molecular flexibility index (Phi) is 6.30. The van der Waals surface area contributed by atoms with Crippen molar-refractivity contribution in [3.8, 4) is 0 Å². The normalized spacial score (nSPS) is 30.5. The summed E-state index contributed by atoms with van der Waals surface area (Å²) in [4.78, 5) is 17.2. The molecule has 1 aliphatic carbocycles. The average Bonchev–Trinajstić information content (AvgIpc) is 3.38. The van der Waals surface area contributed by atoms with Gasteiger partial charge in [-0.15, -0.1) is 11.3 Å². The van der Waals surface area contributed by atoms with Gasteiger partial charge in [-0.3, -0.25) is 10.2 Å². The van der Waals surface area contributed by atoms with E-state index < -0.39 is 6.35 Å². The van der Waals surface area contributed by atoms with Crippen LogP contribution in [0.3, 0.4) is 0 Å². The highest BCUT2D eigenvalue weighted by atomic mass is 35.5. The first-order valence-electron chi connectivity index (χ1n) is 11.6. The Balaban J connectivity index is 1.32. The van der Waals surface area contributed by atoms with Crippen molar-refractivity contribution in [2.75, 3.05) is 56.7 Å². The van der Waals surface area contributed by atoms with E-state index >= 15 is 0 Å². The molecule has 2 aromatic heterocycles. The molecule has 3 aliphatic rings. The van der Waals surface area contributed by atoms with Crippen molar-refractivity contribution in [2.24, 2.45) is 0 Å². The molecule has 1 atom stereocenters. The first-order valence-corrected chi connectivity index (χ1v) is 12.8. The number of anilines is 2. The van der Waals surface area contributed by atoms with Crippen LogP contribution < -0.4 is 15.1 Å². The van der Waals surface area contributed by atoms with Crippen molar-refractivity contribution in [1.82, 2.24) is 20.2 Å². The van der Waals surface area contributed by atoms with Gasteiger partial charge in [0.25, 0.3) is 0 Å². The molecule has 33 heavy (non-hydrogen) atoms. The molecule has 10 heteroatoms. The van der Waals surface area contributed by atoms with Crippen LogP contribution in [0.1, 0.15) is 36.3 Å². The molecule has 180 valence electrons. The molecule has 3 fully saturated rings. The van der Waals surface area contributed by atoms with Gasteiger partial charge in [-0.2, -0.15) is 0 Å². The minimum atomic E-state index is -0.746. The van der Waals surface area contributed by atoms with Gasteiger partial charge in [0.05, 0.1) is 40.7 Å². The summed E-state index contributed by atoms with van der Waals surface area (Å²) in [5.74, 6) is 0.735. The lowest BCUT2D eigenvalue weighted by Crippen LogP contribution is -2.54. The van der Waals surface area contributed by atoms with Crippen molar-refractivity contribution in [1.29, 1.82) is 0 Å². The lowest BCUT2D eigenvalue weighted by Gasteiger charge is -2.48. The molecule has 0 radical (unpaired) electrons. The number of rotatable bonds is 4. The van der Waals surface area contributed by atoms with Crippen LogP contribution in [0.15, 0.2) is 18.3 Å². The van der Waals surface area contributed by atoms with Gasteiger partial charge in [-0.1, -0.05) is 11.6 Å². The van der Waals surface area contributed by atoms with Crippen LogP contribution in [0.5, 0.6) is 0 Å². The molecule has 2 N–H and O–H groups in total. The SMILES string of the molecule is Cc1nc(N2CCOCC2)ncc1N1C[C@]2(CC[C@](c3ccc(Cl)s3)(N(C)C)CC2)NC1O. The summed E-state index contributed by atoms with van der Waals surface area (Å²) in [7, 11) is 4.32. The number of aliphatic hydroxyl groups is 1. The highest BCUT2D eigenvalue weighted by Gasteiger charge is 2.50. The molecule has 1 saturated carbocycles. The summed E-state index contributed by atoms with van der Waals surface area (Å²) < 4.78 is 6.27. The minimum Gasteiger partial charge on any atom is -0.378 e. The lowest BCUT2D eigenvalue weighted by atomic mass is 9.71. The summed E-state index contributed by atoms with van der Waals surface area (Å²) >= 11 is 7.96. The van der Waals surface area contributed by atoms with E-state index in [1.54, 1.807) is 11.3 Å². The number of hydrogen-bond donors (Lipinski definition) is 2.